The Bertz CT molecular complexity index is 564. The molecule has 0 spiro atoms. The van der Waals surface area contributed by atoms with E-state index in [1.165, 1.54) is 16.4 Å². The fraction of sp³-hybridized carbons (Fsp3) is 0.538. The summed E-state index contributed by atoms with van der Waals surface area (Å²) in [4.78, 5) is -0.131. The van der Waals surface area contributed by atoms with Gasteiger partial charge in [-0.3, -0.25) is 0 Å². The molecule has 1 fully saturated rings. The maximum absolute atomic E-state index is 13.5. The monoisotopic (exact) mass is 286 g/mol. The number of nitrogens with zero attached hydrogens (tertiary/aromatic N) is 1. The van der Waals surface area contributed by atoms with Gasteiger partial charge in [0, 0.05) is 12.1 Å². The summed E-state index contributed by atoms with van der Waals surface area (Å²) >= 11 is 0. The van der Waals surface area contributed by atoms with Gasteiger partial charge in [-0.15, -0.1) is 0 Å². The zero-order valence-electron chi connectivity index (χ0n) is 11.1. The van der Waals surface area contributed by atoms with Gasteiger partial charge in [0.1, 0.15) is 10.7 Å². The SMILES string of the molecule is C[C@@H]1CCC[C@H](C)N1S(=O)(=O)c1cccc(F)c1N. The molecule has 0 radical (unpaired) electrons. The molecule has 6 heteroatoms. The van der Waals surface area contributed by atoms with Gasteiger partial charge in [-0.2, -0.15) is 4.31 Å². The third-order valence-corrected chi connectivity index (χ3v) is 5.87. The molecule has 0 aromatic heterocycles. The number of rotatable bonds is 2. The summed E-state index contributed by atoms with van der Waals surface area (Å²) in [6.45, 7) is 3.76. The van der Waals surface area contributed by atoms with Gasteiger partial charge in [-0.1, -0.05) is 12.5 Å². The second kappa shape index (κ2) is 5.09. The first-order valence-electron chi connectivity index (χ1n) is 6.43. The number of hydrogen-bond acceptors (Lipinski definition) is 3. The fourth-order valence-electron chi connectivity index (χ4n) is 2.73. The molecule has 2 rings (SSSR count). The summed E-state index contributed by atoms with van der Waals surface area (Å²) in [6.07, 6.45) is 2.64. The van der Waals surface area contributed by atoms with Crippen molar-refractivity contribution < 1.29 is 12.8 Å². The van der Waals surface area contributed by atoms with Crippen molar-refractivity contribution in [3.63, 3.8) is 0 Å². The summed E-state index contributed by atoms with van der Waals surface area (Å²) in [5.41, 5.74) is 5.29. The van der Waals surface area contributed by atoms with Crippen LogP contribution in [0.4, 0.5) is 10.1 Å². The van der Waals surface area contributed by atoms with E-state index in [2.05, 4.69) is 0 Å². The Balaban J connectivity index is 2.50. The van der Waals surface area contributed by atoms with Gasteiger partial charge in [-0.05, 0) is 38.8 Å². The van der Waals surface area contributed by atoms with Gasteiger partial charge < -0.3 is 5.73 Å². The van der Waals surface area contributed by atoms with E-state index in [0.29, 0.717) is 0 Å². The smallest absolute Gasteiger partial charge is 0.245 e. The summed E-state index contributed by atoms with van der Waals surface area (Å²) < 4.78 is 40.2. The van der Waals surface area contributed by atoms with Gasteiger partial charge in [0.2, 0.25) is 10.0 Å². The summed E-state index contributed by atoms with van der Waals surface area (Å²) in [7, 11) is -3.75. The number of para-hydroxylation sites is 1. The topological polar surface area (TPSA) is 63.4 Å². The lowest BCUT2D eigenvalue weighted by molar-refractivity contribution is 0.204. The number of halogens is 1. The zero-order chi connectivity index (χ0) is 14.2. The van der Waals surface area contributed by atoms with Crippen LogP contribution in [0.5, 0.6) is 0 Å². The molecule has 1 aromatic rings. The van der Waals surface area contributed by atoms with Crippen LogP contribution in [0, 0.1) is 5.82 Å². The summed E-state index contributed by atoms with van der Waals surface area (Å²) in [5, 5.41) is 0. The van der Waals surface area contributed by atoms with Crippen molar-refractivity contribution >= 4 is 15.7 Å². The van der Waals surface area contributed by atoms with Crippen LogP contribution in [0.1, 0.15) is 33.1 Å². The Morgan fingerprint density at radius 3 is 2.42 bits per heavy atom. The third kappa shape index (κ3) is 2.47. The molecule has 2 atom stereocenters. The average molecular weight is 286 g/mol. The minimum atomic E-state index is -3.75. The van der Waals surface area contributed by atoms with Crippen LogP contribution in [0.15, 0.2) is 23.1 Å². The molecule has 1 aliphatic rings. The van der Waals surface area contributed by atoms with Gasteiger partial charge in [0.05, 0.1) is 5.69 Å². The van der Waals surface area contributed by atoms with Crippen LogP contribution in [0.3, 0.4) is 0 Å². The van der Waals surface area contributed by atoms with E-state index in [-0.39, 0.29) is 22.7 Å². The maximum Gasteiger partial charge on any atom is 0.245 e. The van der Waals surface area contributed by atoms with Crippen molar-refractivity contribution in [3.05, 3.63) is 24.0 Å². The lowest BCUT2D eigenvalue weighted by atomic mass is 10.0. The first kappa shape index (κ1) is 14.3. The number of nitrogen functional groups attached to an aromatic ring is 1. The lowest BCUT2D eigenvalue weighted by Gasteiger charge is -2.37. The highest BCUT2D eigenvalue weighted by Gasteiger charge is 2.36. The Labute approximate surface area is 113 Å². The van der Waals surface area contributed by atoms with E-state index in [4.69, 9.17) is 5.73 Å². The first-order chi connectivity index (χ1) is 8.85. The van der Waals surface area contributed by atoms with E-state index in [9.17, 15) is 12.8 Å². The van der Waals surface area contributed by atoms with Crippen molar-refractivity contribution in [2.75, 3.05) is 5.73 Å². The molecular weight excluding hydrogens is 267 g/mol. The molecule has 2 N–H and O–H groups in total. The molecule has 1 saturated heterocycles. The van der Waals surface area contributed by atoms with E-state index < -0.39 is 15.8 Å². The molecular formula is C13H19FN2O2S. The quantitative estimate of drug-likeness (QED) is 0.849. The molecule has 1 heterocycles. The highest BCUT2D eigenvalue weighted by Crippen LogP contribution is 2.32. The number of nitrogens with two attached hydrogens (primary N) is 1. The van der Waals surface area contributed by atoms with E-state index in [1.807, 2.05) is 13.8 Å². The van der Waals surface area contributed by atoms with Crippen LogP contribution in [-0.2, 0) is 10.0 Å². The Hall–Kier alpha value is -1.14. The standard InChI is InChI=1S/C13H19FN2O2S/c1-9-5-3-6-10(2)16(9)19(17,18)12-8-4-7-11(14)13(12)15/h4,7-10H,3,5-6,15H2,1-2H3/t9-,10+. The summed E-state index contributed by atoms with van der Waals surface area (Å²) in [6, 6.07) is 3.73. The minimum absolute atomic E-state index is 0.0867. The second-order valence-corrected chi connectivity index (χ2v) is 6.93. The molecule has 0 bridgehead atoms. The van der Waals surface area contributed by atoms with E-state index >= 15 is 0 Å². The number of benzene rings is 1. The molecule has 0 saturated carbocycles. The van der Waals surface area contributed by atoms with Crippen molar-refractivity contribution in [1.29, 1.82) is 0 Å². The number of hydrogen-bond donors (Lipinski definition) is 1. The van der Waals surface area contributed by atoms with Crippen LogP contribution in [0.25, 0.3) is 0 Å². The Morgan fingerprint density at radius 1 is 1.26 bits per heavy atom. The predicted octanol–water partition coefficient (Wildman–Crippen LogP) is 2.36. The summed E-state index contributed by atoms with van der Waals surface area (Å²) in [5.74, 6) is -0.696. The minimum Gasteiger partial charge on any atom is -0.395 e. The van der Waals surface area contributed by atoms with Crippen LogP contribution < -0.4 is 5.73 Å². The van der Waals surface area contributed by atoms with Crippen LogP contribution in [-0.4, -0.2) is 24.8 Å². The van der Waals surface area contributed by atoms with Crippen molar-refractivity contribution in [2.45, 2.75) is 50.1 Å². The highest BCUT2D eigenvalue weighted by atomic mass is 32.2. The molecule has 1 aromatic carbocycles. The normalized spacial score (nSPS) is 25.4. The van der Waals surface area contributed by atoms with E-state index in [0.717, 1.165) is 25.3 Å². The van der Waals surface area contributed by atoms with E-state index in [1.54, 1.807) is 0 Å². The third-order valence-electron chi connectivity index (χ3n) is 3.68. The zero-order valence-corrected chi connectivity index (χ0v) is 12.0. The average Bonchev–Trinajstić information content (AvgIpc) is 2.32. The molecule has 1 aliphatic heterocycles. The van der Waals surface area contributed by atoms with Gasteiger partial charge in [-0.25, -0.2) is 12.8 Å². The number of anilines is 1. The molecule has 106 valence electrons. The Kier molecular flexibility index (Phi) is 3.82. The maximum atomic E-state index is 13.5. The lowest BCUT2D eigenvalue weighted by Crippen LogP contribution is -2.47. The van der Waals surface area contributed by atoms with Crippen LogP contribution in [0.2, 0.25) is 0 Å². The molecule has 0 amide bonds. The van der Waals surface area contributed by atoms with Gasteiger partial charge >= 0.3 is 0 Å². The number of piperidine rings is 1. The van der Waals surface area contributed by atoms with Crippen molar-refractivity contribution in [3.8, 4) is 0 Å². The largest absolute Gasteiger partial charge is 0.395 e. The first-order valence-corrected chi connectivity index (χ1v) is 7.87. The van der Waals surface area contributed by atoms with Gasteiger partial charge in [0.15, 0.2) is 0 Å². The molecule has 0 unspecified atom stereocenters. The highest BCUT2D eigenvalue weighted by molar-refractivity contribution is 7.89. The van der Waals surface area contributed by atoms with Crippen LogP contribution >= 0.6 is 0 Å². The molecule has 4 nitrogen and oxygen atoms in total. The second-order valence-electron chi connectivity index (χ2n) is 5.12. The van der Waals surface area contributed by atoms with Crippen molar-refractivity contribution in [2.24, 2.45) is 0 Å². The number of sulfonamides is 1. The fourth-order valence-corrected chi connectivity index (χ4v) is 4.74. The predicted molar refractivity (Wildman–Crippen MR) is 72.6 cm³/mol. The van der Waals surface area contributed by atoms with Gasteiger partial charge in [0.25, 0.3) is 0 Å². The molecule has 0 aliphatic carbocycles. The van der Waals surface area contributed by atoms with Crippen molar-refractivity contribution in [1.82, 2.24) is 4.31 Å². The molecule has 19 heavy (non-hydrogen) atoms. The Morgan fingerprint density at radius 2 is 1.84 bits per heavy atom.